The van der Waals surface area contributed by atoms with E-state index < -0.39 is 5.97 Å². The average Bonchev–Trinajstić information content (AvgIpc) is 2.69. The predicted octanol–water partition coefficient (Wildman–Crippen LogP) is 7.13. The summed E-state index contributed by atoms with van der Waals surface area (Å²) in [6.07, 6.45) is 19.6. The van der Waals surface area contributed by atoms with Crippen LogP contribution in [0.1, 0.15) is 114 Å². The lowest BCUT2D eigenvalue weighted by Gasteiger charge is -2.06. The van der Waals surface area contributed by atoms with Gasteiger partial charge in [0.05, 0.1) is 12.2 Å². The molecule has 0 saturated heterocycles. The van der Waals surface area contributed by atoms with E-state index in [2.05, 4.69) is 6.92 Å². The zero-order valence-corrected chi connectivity index (χ0v) is 17.8. The molecule has 1 aromatic carbocycles. The Morgan fingerprint density at radius 3 is 1.64 bits per heavy atom. The molecular weight excluding hydrogens is 352 g/mol. The highest BCUT2D eigenvalue weighted by molar-refractivity contribution is 5.90. The van der Waals surface area contributed by atoms with Gasteiger partial charge in [-0.25, -0.2) is 4.79 Å². The molecule has 0 bridgehead atoms. The Morgan fingerprint density at radius 1 is 0.714 bits per heavy atom. The Balaban J connectivity index is 1.85. The maximum atomic E-state index is 11.8. The Bertz CT molecular complexity index is 527. The van der Waals surface area contributed by atoms with E-state index in [1.165, 1.54) is 102 Å². The molecule has 1 rings (SSSR count). The van der Waals surface area contributed by atoms with E-state index in [0.29, 0.717) is 6.61 Å². The summed E-state index contributed by atoms with van der Waals surface area (Å²) in [6, 6.07) is 3.97. The van der Waals surface area contributed by atoms with Gasteiger partial charge in [-0.2, -0.15) is 0 Å². The second-order valence-electron chi connectivity index (χ2n) is 7.79. The van der Waals surface area contributed by atoms with Gasteiger partial charge in [-0.15, -0.1) is 0 Å². The summed E-state index contributed by atoms with van der Waals surface area (Å²) in [5.74, 6) is -0.999. The summed E-state index contributed by atoms with van der Waals surface area (Å²) in [5.41, 5.74) is 0.260. The minimum atomic E-state index is -0.458. The molecule has 1 aromatic rings. The highest BCUT2D eigenvalue weighted by Gasteiger charge is 2.09. The summed E-state index contributed by atoms with van der Waals surface area (Å²) in [5, 5.41) is 18.7. The summed E-state index contributed by atoms with van der Waals surface area (Å²) in [6.45, 7) is 2.67. The molecule has 0 unspecified atom stereocenters. The molecule has 0 spiro atoms. The molecule has 0 aliphatic carbocycles. The van der Waals surface area contributed by atoms with Gasteiger partial charge in [-0.1, -0.05) is 96.8 Å². The van der Waals surface area contributed by atoms with E-state index in [1.54, 1.807) is 0 Å². The number of carbonyl (C=O) groups excluding carboxylic acids is 1. The van der Waals surface area contributed by atoms with Crippen LogP contribution in [-0.2, 0) is 4.74 Å². The van der Waals surface area contributed by atoms with E-state index in [-0.39, 0.29) is 17.1 Å². The second kappa shape index (κ2) is 16.3. The molecule has 0 aliphatic rings. The third-order valence-electron chi connectivity index (χ3n) is 5.19. The van der Waals surface area contributed by atoms with Crippen LogP contribution >= 0.6 is 0 Å². The molecule has 0 saturated carbocycles. The molecule has 160 valence electrons. The second-order valence-corrected chi connectivity index (χ2v) is 7.79. The number of unbranched alkanes of at least 4 members (excludes halogenated alkanes) is 14. The van der Waals surface area contributed by atoms with Crippen LogP contribution in [0.15, 0.2) is 18.2 Å². The van der Waals surface area contributed by atoms with Gasteiger partial charge >= 0.3 is 5.97 Å². The highest BCUT2D eigenvalue weighted by atomic mass is 16.5. The minimum Gasteiger partial charge on any atom is -0.504 e. The Labute approximate surface area is 171 Å². The number of benzene rings is 1. The molecule has 0 fully saturated rings. The lowest BCUT2D eigenvalue weighted by atomic mass is 10.0. The van der Waals surface area contributed by atoms with Crippen molar-refractivity contribution in [1.82, 2.24) is 0 Å². The first kappa shape index (κ1) is 24.3. The van der Waals surface area contributed by atoms with Crippen molar-refractivity contribution in [3.63, 3.8) is 0 Å². The predicted molar refractivity (Wildman–Crippen MR) is 115 cm³/mol. The van der Waals surface area contributed by atoms with Gasteiger partial charge in [0.25, 0.3) is 0 Å². The Morgan fingerprint density at radius 2 is 1.18 bits per heavy atom. The van der Waals surface area contributed by atoms with E-state index in [0.717, 1.165) is 12.8 Å². The van der Waals surface area contributed by atoms with Crippen molar-refractivity contribution in [3.05, 3.63) is 23.8 Å². The monoisotopic (exact) mass is 392 g/mol. The molecule has 0 aliphatic heterocycles. The van der Waals surface area contributed by atoms with E-state index in [9.17, 15) is 15.0 Å². The van der Waals surface area contributed by atoms with Gasteiger partial charge in [0.15, 0.2) is 11.5 Å². The topological polar surface area (TPSA) is 66.8 Å². The van der Waals surface area contributed by atoms with E-state index >= 15 is 0 Å². The van der Waals surface area contributed by atoms with Crippen molar-refractivity contribution < 1.29 is 19.7 Å². The smallest absolute Gasteiger partial charge is 0.338 e. The van der Waals surface area contributed by atoms with Crippen LogP contribution in [0, 0.1) is 0 Å². The zero-order chi connectivity index (χ0) is 20.5. The number of hydrogen-bond donors (Lipinski definition) is 2. The first-order valence-electron chi connectivity index (χ1n) is 11.3. The molecule has 0 radical (unpaired) electrons. The van der Waals surface area contributed by atoms with Crippen molar-refractivity contribution in [2.75, 3.05) is 6.61 Å². The van der Waals surface area contributed by atoms with Crippen LogP contribution in [-0.4, -0.2) is 22.8 Å². The summed E-state index contributed by atoms with van der Waals surface area (Å²) in [7, 11) is 0. The third-order valence-corrected chi connectivity index (χ3v) is 5.19. The van der Waals surface area contributed by atoms with Gasteiger partial charge in [0.1, 0.15) is 0 Å². The fourth-order valence-electron chi connectivity index (χ4n) is 3.37. The van der Waals surface area contributed by atoms with Crippen molar-refractivity contribution in [2.45, 2.75) is 103 Å². The van der Waals surface area contributed by atoms with Crippen LogP contribution in [0.3, 0.4) is 0 Å². The molecule has 4 nitrogen and oxygen atoms in total. The summed E-state index contributed by atoms with van der Waals surface area (Å²) in [4.78, 5) is 11.8. The molecule has 0 aromatic heterocycles. The lowest BCUT2D eigenvalue weighted by molar-refractivity contribution is 0.0497. The maximum Gasteiger partial charge on any atom is 0.338 e. The minimum absolute atomic E-state index is 0.237. The fourth-order valence-corrected chi connectivity index (χ4v) is 3.37. The Hall–Kier alpha value is -1.71. The van der Waals surface area contributed by atoms with Gasteiger partial charge in [0.2, 0.25) is 0 Å². The number of ether oxygens (including phenoxy) is 1. The average molecular weight is 393 g/mol. The molecule has 0 amide bonds. The first-order chi connectivity index (χ1) is 13.6. The number of carbonyl (C=O) groups is 1. The summed E-state index contributed by atoms with van der Waals surface area (Å²) < 4.78 is 5.20. The summed E-state index contributed by atoms with van der Waals surface area (Å²) >= 11 is 0. The number of esters is 1. The number of aromatic hydroxyl groups is 2. The van der Waals surface area contributed by atoms with Crippen LogP contribution in [0.2, 0.25) is 0 Å². The largest absolute Gasteiger partial charge is 0.504 e. The molecule has 28 heavy (non-hydrogen) atoms. The highest BCUT2D eigenvalue weighted by Crippen LogP contribution is 2.25. The van der Waals surface area contributed by atoms with Crippen LogP contribution < -0.4 is 0 Å². The van der Waals surface area contributed by atoms with Crippen LogP contribution in [0.25, 0.3) is 0 Å². The van der Waals surface area contributed by atoms with Gasteiger partial charge < -0.3 is 14.9 Å². The van der Waals surface area contributed by atoms with E-state index in [1.807, 2.05) is 0 Å². The number of rotatable bonds is 17. The number of phenols is 2. The van der Waals surface area contributed by atoms with E-state index in [4.69, 9.17) is 4.74 Å². The molecule has 4 heteroatoms. The quantitative estimate of drug-likeness (QED) is 0.168. The Kier molecular flexibility index (Phi) is 14.1. The molecular formula is C24H40O4. The van der Waals surface area contributed by atoms with Crippen molar-refractivity contribution in [2.24, 2.45) is 0 Å². The van der Waals surface area contributed by atoms with Gasteiger partial charge in [-0.3, -0.25) is 0 Å². The fraction of sp³-hybridized carbons (Fsp3) is 0.708. The van der Waals surface area contributed by atoms with Crippen molar-refractivity contribution >= 4 is 5.97 Å². The molecule has 0 atom stereocenters. The van der Waals surface area contributed by atoms with Crippen molar-refractivity contribution in [1.29, 1.82) is 0 Å². The lowest BCUT2D eigenvalue weighted by Crippen LogP contribution is -2.06. The SMILES string of the molecule is CCCCCCCCCCCCCCCCCOC(=O)c1ccc(O)c(O)c1. The maximum absolute atomic E-state index is 11.8. The van der Waals surface area contributed by atoms with Crippen molar-refractivity contribution in [3.8, 4) is 11.5 Å². The van der Waals surface area contributed by atoms with Crippen LogP contribution in [0.4, 0.5) is 0 Å². The number of phenolic OH excluding ortho intramolecular Hbond substituents is 2. The molecule has 0 heterocycles. The first-order valence-corrected chi connectivity index (χ1v) is 11.3. The standard InChI is InChI=1S/C24H40O4/c1-2-3-4-5-6-7-8-9-10-11-12-13-14-15-16-19-28-24(27)21-17-18-22(25)23(26)20-21/h17-18,20,25-26H,2-16,19H2,1H3. The van der Waals surface area contributed by atoms with Gasteiger partial charge in [0, 0.05) is 0 Å². The molecule has 2 N–H and O–H groups in total. The van der Waals surface area contributed by atoms with Crippen LogP contribution in [0.5, 0.6) is 11.5 Å². The zero-order valence-electron chi connectivity index (χ0n) is 17.8. The normalized spacial score (nSPS) is 10.9. The third kappa shape index (κ3) is 11.9. The number of hydrogen-bond acceptors (Lipinski definition) is 4. The van der Waals surface area contributed by atoms with Gasteiger partial charge in [-0.05, 0) is 24.6 Å².